The molecule has 0 saturated carbocycles. The highest BCUT2D eigenvalue weighted by molar-refractivity contribution is 6.76. The molecule has 1 unspecified atom stereocenters. The van der Waals surface area contributed by atoms with Crippen LogP contribution in [0.4, 0.5) is 11.4 Å². The lowest BCUT2D eigenvalue weighted by Gasteiger charge is -2.29. The number of nitrogen functional groups attached to an aromatic ring is 1. The van der Waals surface area contributed by atoms with Gasteiger partial charge >= 0.3 is 0 Å². The van der Waals surface area contributed by atoms with Crippen LogP contribution in [0.25, 0.3) is 0 Å². The van der Waals surface area contributed by atoms with Gasteiger partial charge in [-0.05, 0) is 31.0 Å². The van der Waals surface area contributed by atoms with E-state index in [1.54, 1.807) is 0 Å². The van der Waals surface area contributed by atoms with Gasteiger partial charge in [-0.3, -0.25) is 0 Å². The summed E-state index contributed by atoms with van der Waals surface area (Å²) in [4.78, 5) is 2.34. The van der Waals surface area contributed by atoms with Crippen LogP contribution in [0.15, 0.2) is 24.3 Å². The number of hydrogen-bond acceptors (Lipinski definition) is 3. The van der Waals surface area contributed by atoms with E-state index in [1.165, 1.54) is 12.1 Å². The molecule has 0 spiro atoms. The van der Waals surface area contributed by atoms with Gasteiger partial charge in [0, 0.05) is 24.1 Å². The molecule has 4 heteroatoms. The van der Waals surface area contributed by atoms with Gasteiger partial charge in [0.05, 0.1) is 8.07 Å². The summed E-state index contributed by atoms with van der Waals surface area (Å²) in [5.41, 5.74) is 7.86. The van der Waals surface area contributed by atoms with Crippen molar-refractivity contribution in [3.05, 3.63) is 24.3 Å². The molecule has 2 rings (SSSR count). The van der Waals surface area contributed by atoms with Crippen molar-refractivity contribution in [3.63, 3.8) is 0 Å². The van der Waals surface area contributed by atoms with Crippen LogP contribution in [0.5, 0.6) is 0 Å². The summed E-state index contributed by atoms with van der Waals surface area (Å²) in [7, 11) is -1.14. The van der Waals surface area contributed by atoms with E-state index < -0.39 is 8.07 Å². The predicted octanol–water partition coefficient (Wildman–Crippen LogP) is 3.09. The number of benzene rings is 1. The minimum atomic E-state index is -1.14. The Labute approximate surface area is 111 Å². The average Bonchev–Trinajstić information content (AvgIpc) is 2.73. The molecule has 1 aliphatic rings. The maximum Gasteiger partial charge on any atom is 0.129 e. The second-order valence-corrected chi connectivity index (χ2v) is 11.7. The molecule has 0 radical (unpaired) electrons. The first-order valence-corrected chi connectivity index (χ1v) is 10.4. The van der Waals surface area contributed by atoms with Gasteiger partial charge in [-0.25, -0.2) is 0 Å². The first-order valence-electron chi connectivity index (χ1n) is 6.69. The molecule has 0 aliphatic carbocycles. The number of nitrogens with zero attached hydrogens (tertiary/aromatic N) is 1. The first-order chi connectivity index (χ1) is 8.46. The van der Waals surface area contributed by atoms with E-state index in [2.05, 4.69) is 30.6 Å². The quantitative estimate of drug-likeness (QED) is 0.671. The third kappa shape index (κ3) is 3.49. The molecule has 0 amide bonds. The van der Waals surface area contributed by atoms with E-state index in [9.17, 15) is 0 Å². The van der Waals surface area contributed by atoms with Crippen molar-refractivity contribution < 1.29 is 4.74 Å². The first kappa shape index (κ1) is 13.4. The summed E-state index contributed by atoms with van der Waals surface area (Å²) >= 11 is 0. The fourth-order valence-corrected chi connectivity index (χ4v) is 2.95. The number of hydrogen-bond donors (Lipinski definition) is 1. The molecule has 1 atom stereocenters. The largest absolute Gasteiger partial charge is 0.399 e. The summed E-state index contributed by atoms with van der Waals surface area (Å²) in [6, 6.07) is 8.10. The molecular weight excluding hydrogens is 240 g/mol. The minimum absolute atomic E-state index is 0.235. The van der Waals surface area contributed by atoms with E-state index in [0.717, 1.165) is 24.9 Å². The lowest BCUT2D eigenvalue weighted by atomic mass is 10.2. The topological polar surface area (TPSA) is 38.5 Å². The number of nitrogens with two attached hydrogens (primary N) is 1. The molecule has 18 heavy (non-hydrogen) atoms. The van der Waals surface area contributed by atoms with E-state index in [0.29, 0.717) is 0 Å². The average molecular weight is 264 g/mol. The summed E-state index contributed by atoms with van der Waals surface area (Å²) in [5, 5.41) is 0. The Morgan fingerprint density at radius 2 is 2.17 bits per heavy atom. The summed E-state index contributed by atoms with van der Waals surface area (Å²) in [6.07, 6.45) is 3.49. The number of ether oxygens (including phenoxy) is 1. The maximum atomic E-state index is 6.12. The van der Waals surface area contributed by atoms with Crippen molar-refractivity contribution in [2.24, 2.45) is 0 Å². The SMILES string of the molecule is C[Si](C)(C)COC1CCCN1c1cccc(N)c1. The highest BCUT2D eigenvalue weighted by atomic mass is 28.3. The molecule has 0 bridgehead atoms. The monoisotopic (exact) mass is 264 g/mol. The normalized spacial score (nSPS) is 20.4. The van der Waals surface area contributed by atoms with E-state index >= 15 is 0 Å². The summed E-state index contributed by atoms with van der Waals surface area (Å²) in [5.74, 6) is 0. The molecule has 1 fully saturated rings. The van der Waals surface area contributed by atoms with Gasteiger partial charge in [0.1, 0.15) is 6.23 Å². The van der Waals surface area contributed by atoms with Gasteiger partial charge in [0.2, 0.25) is 0 Å². The van der Waals surface area contributed by atoms with Gasteiger partial charge in [-0.15, -0.1) is 0 Å². The molecule has 1 heterocycles. The molecule has 3 nitrogen and oxygen atoms in total. The van der Waals surface area contributed by atoms with Crippen LogP contribution in [-0.2, 0) is 4.74 Å². The molecule has 100 valence electrons. The van der Waals surface area contributed by atoms with E-state index in [1.807, 2.05) is 18.2 Å². The molecule has 2 N–H and O–H groups in total. The maximum absolute atomic E-state index is 6.12. The zero-order valence-electron chi connectivity index (χ0n) is 11.6. The van der Waals surface area contributed by atoms with Crippen LogP contribution >= 0.6 is 0 Å². The summed E-state index contributed by atoms with van der Waals surface area (Å²) < 4.78 is 6.12. The second-order valence-electron chi connectivity index (χ2n) is 6.26. The van der Waals surface area contributed by atoms with Crippen molar-refractivity contribution in [2.75, 3.05) is 23.4 Å². The highest BCUT2D eigenvalue weighted by Crippen LogP contribution is 2.27. The summed E-state index contributed by atoms with van der Waals surface area (Å²) in [6.45, 7) is 8.09. The zero-order valence-corrected chi connectivity index (χ0v) is 12.6. The molecule has 1 aliphatic heterocycles. The van der Waals surface area contributed by atoms with Crippen LogP contribution in [0, 0.1) is 0 Å². The van der Waals surface area contributed by atoms with Crippen LogP contribution in [-0.4, -0.2) is 27.1 Å². The Morgan fingerprint density at radius 3 is 2.83 bits per heavy atom. The zero-order chi connectivity index (χ0) is 13.2. The van der Waals surface area contributed by atoms with Crippen LogP contribution < -0.4 is 10.6 Å². The van der Waals surface area contributed by atoms with Crippen LogP contribution in [0.2, 0.25) is 19.6 Å². The van der Waals surface area contributed by atoms with Gasteiger partial charge < -0.3 is 15.4 Å². The number of anilines is 2. The van der Waals surface area contributed by atoms with Crippen molar-refractivity contribution in [1.82, 2.24) is 0 Å². The van der Waals surface area contributed by atoms with Crippen molar-refractivity contribution in [3.8, 4) is 0 Å². The highest BCUT2D eigenvalue weighted by Gasteiger charge is 2.27. The van der Waals surface area contributed by atoms with Gasteiger partial charge in [0.25, 0.3) is 0 Å². The van der Waals surface area contributed by atoms with Gasteiger partial charge in [0.15, 0.2) is 0 Å². The fraction of sp³-hybridized carbons (Fsp3) is 0.571. The van der Waals surface area contributed by atoms with Crippen molar-refractivity contribution in [2.45, 2.75) is 38.7 Å². The molecular formula is C14H24N2OSi. The Hall–Kier alpha value is -1.00. The molecule has 1 aromatic rings. The van der Waals surface area contributed by atoms with Crippen molar-refractivity contribution >= 4 is 19.4 Å². The van der Waals surface area contributed by atoms with Gasteiger partial charge in [-0.2, -0.15) is 0 Å². The van der Waals surface area contributed by atoms with E-state index in [4.69, 9.17) is 10.5 Å². The Bertz CT molecular complexity index is 403. The Morgan fingerprint density at radius 1 is 1.39 bits per heavy atom. The van der Waals surface area contributed by atoms with Crippen LogP contribution in [0.1, 0.15) is 12.8 Å². The molecule has 0 aromatic heterocycles. The standard InChI is InChI=1S/C14H24N2OSi/c1-18(2,3)11-17-14-8-5-9-16(14)13-7-4-6-12(15)10-13/h4,6-7,10,14H,5,8-9,11,15H2,1-3H3. The lowest BCUT2D eigenvalue weighted by molar-refractivity contribution is 0.0908. The number of rotatable bonds is 4. The Balaban J connectivity index is 2.03. The lowest BCUT2D eigenvalue weighted by Crippen LogP contribution is -2.37. The minimum Gasteiger partial charge on any atom is -0.399 e. The fourth-order valence-electron chi connectivity index (χ4n) is 2.25. The molecule has 1 saturated heterocycles. The Kier molecular flexibility index (Phi) is 3.97. The van der Waals surface area contributed by atoms with Crippen LogP contribution in [0.3, 0.4) is 0 Å². The predicted molar refractivity (Wildman–Crippen MR) is 80.5 cm³/mol. The van der Waals surface area contributed by atoms with Crippen molar-refractivity contribution in [1.29, 1.82) is 0 Å². The third-order valence-electron chi connectivity index (χ3n) is 3.11. The molecule has 1 aromatic carbocycles. The third-order valence-corrected chi connectivity index (χ3v) is 4.14. The van der Waals surface area contributed by atoms with Gasteiger partial charge in [-0.1, -0.05) is 25.7 Å². The second kappa shape index (κ2) is 5.32. The smallest absolute Gasteiger partial charge is 0.129 e. The van der Waals surface area contributed by atoms with E-state index in [-0.39, 0.29) is 6.23 Å².